The third-order valence-corrected chi connectivity index (χ3v) is 4.33. The molecule has 0 amide bonds. The van der Waals surface area contributed by atoms with Crippen LogP contribution in [0.5, 0.6) is 5.75 Å². The van der Waals surface area contributed by atoms with Crippen LogP contribution in [0, 0.1) is 11.3 Å². The molecular formula is C16H22O3. The summed E-state index contributed by atoms with van der Waals surface area (Å²) >= 11 is 0. The lowest BCUT2D eigenvalue weighted by Crippen LogP contribution is -2.03. The van der Waals surface area contributed by atoms with Gasteiger partial charge in [0.1, 0.15) is 5.75 Å². The van der Waals surface area contributed by atoms with Crippen LogP contribution in [0.1, 0.15) is 50.7 Å². The van der Waals surface area contributed by atoms with Crippen molar-refractivity contribution >= 4 is 5.97 Å². The normalized spacial score (nSPS) is 24.3. The maximum atomic E-state index is 11.3. The zero-order chi connectivity index (χ0) is 14.4. The first-order valence-corrected chi connectivity index (χ1v) is 6.71. The minimum Gasteiger partial charge on any atom is -0.496 e. The summed E-state index contributed by atoms with van der Waals surface area (Å²) in [6.45, 7) is 8.29. The van der Waals surface area contributed by atoms with E-state index < -0.39 is 5.97 Å². The van der Waals surface area contributed by atoms with E-state index in [-0.39, 0.29) is 17.3 Å². The van der Waals surface area contributed by atoms with E-state index >= 15 is 0 Å². The average Bonchev–Trinajstić information content (AvgIpc) is 2.91. The molecule has 19 heavy (non-hydrogen) atoms. The van der Waals surface area contributed by atoms with Crippen LogP contribution in [-0.4, -0.2) is 18.2 Å². The molecule has 2 unspecified atom stereocenters. The van der Waals surface area contributed by atoms with Gasteiger partial charge in [-0.05, 0) is 28.5 Å². The topological polar surface area (TPSA) is 46.5 Å². The maximum absolute atomic E-state index is 11.3. The van der Waals surface area contributed by atoms with Gasteiger partial charge in [0.15, 0.2) is 0 Å². The summed E-state index contributed by atoms with van der Waals surface area (Å²) < 4.78 is 5.37. The van der Waals surface area contributed by atoms with Crippen molar-refractivity contribution in [3.63, 3.8) is 0 Å². The van der Waals surface area contributed by atoms with Gasteiger partial charge in [0.2, 0.25) is 0 Å². The molecule has 1 saturated carbocycles. The van der Waals surface area contributed by atoms with Gasteiger partial charge in [-0.1, -0.05) is 39.8 Å². The molecule has 0 aliphatic heterocycles. The second-order valence-electron chi connectivity index (χ2n) is 6.27. The van der Waals surface area contributed by atoms with Crippen LogP contribution in [0.25, 0.3) is 0 Å². The van der Waals surface area contributed by atoms with E-state index in [4.69, 9.17) is 4.74 Å². The summed E-state index contributed by atoms with van der Waals surface area (Å²) in [4.78, 5) is 11.3. The molecule has 1 aliphatic carbocycles. The van der Waals surface area contributed by atoms with Crippen LogP contribution in [-0.2, 0) is 4.79 Å². The number of carboxylic acids is 1. The van der Waals surface area contributed by atoms with Crippen molar-refractivity contribution in [3.05, 3.63) is 29.3 Å². The summed E-state index contributed by atoms with van der Waals surface area (Å²) in [6, 6.07) is 6.07. The Hall–Kier alpha value is -1.51. The van der Waals surface area contributed by atoms with Gasteiger partial charge < -0.3 is 9.84 Å². The van der Waals surface area contributed by atoms with Gasteiger partial charge in [-0.3, -0.25) is 4.79 Å². The third-order valence-electron chi connectivity index (χ3n) is 4.33. The highest BCUT2D eigenvalue weighted by Gasteiger charge is 2.62. The van der Waals surface area contributed by atoms with Crippen molar-refractivity contribution < 1.29 is 14.6 Å². The Labute approximate surface area is 114 Å². The highest BCUT2D eigenvalue weighted by molar-refractivity contribution is 5.77. The zero-order valence-corrected chi connectivity index (χ0v) is 12.2. The molecule has 1 N–H and O–H groups in total. The second kappa shape index (κ2) is 4.55. The molecule has 1 aromatic carbocycles. The lowest BCUT2D eigenvalue weighted by Gasteiger charge is -2.14. The fourth-order valence-electron chi connectivity index (χ4n) is 3.12. The highest BCUT2D eigenvalue weighted by Crippen LogP contribution is 2.64. The number of carbonyl (C=O) groups is 1. The number of aliphatic carboxylic acids is 1. The number of benzene rings is 1. The Bertz CT molecular complexity index is 503. The Kier molecular flexibility index (Phi) is 3.33. The van der Waals surface area contributed by atoms with Crippen LogP contribution in [0.15, 0.2) is 18.2 Å². The van der Waals surface area contributed by atoms with E-state index in [1.54, 1.807) is 7.11 Å². The van der Waals surface area contributed by atoms with Crippen molar-refractivity contribution in [2.45, 2.75) is 39.5 Å². The van der Waals surface area contributed by atoms with Gasteiger partial charge in [0.25, 0.3) is 0 Å². The third kappa shape index (κ3) is 2.22. The number of ether oxygens (including phenoxy) is 1. The van der Waals surface area contributed by atoms with Gasteiger partial charge >= 0.3 is 5.97 Å². The fraction of sp³-hybridized carbons (Fsp3) is 0.562. The minimum absolute atomic E-state index is 0.105. The predicted molar refractivity (Wildman–Crippen MR) is 74.7 cm³/mol. The lowest BCUT2D eigenvalue weighted by atomic mass is 9.95. The van der Waals surface area contributed by atoms with Crippen molar-refractivity contribution in [1.82, 2.24) is 0 Å². The Morgan fingerprint density at radius 1 is 1.37 bits per heavy atom. The first kappa shape index (κ1) is 13.9. The molecular weight excluding hydrogens is 240 g/mol. The van der Waals surface area contributed by atoms with Gasteiger partial charge in [-0.15, -0.1) is 0 Å². The van der Waals surface area contributed by atoms with Crippen LogP contribution in [0.4, 0.5) is 0 Å². The first-order valence-electron chi connectivity index (χ1n) is 6.71. The van der Waals surface area contributed by atoms with E-state index in [1.807, 2.05) is 26.0 Å². The molecule has 0 aromatic heterocycles. The number of hydrogen-bond acceptors (Lipinski definition) is 2. The summed E-state index contributed by atoms with van der Waals surface area (Å²) in [6.07, 6.45) is 0. The maximum Gasteiger partial charge on any atom is 0.307 e. The van der Waals surface area contributed by atoms with Crippen molar-refractivity contribution in [1.29, 1.82) is 0 Å². The number of carboxylic acid groups (broad SMARTS) is 1. The van der Waals surface area contributed by atoms with Crippen LogP contribution in [0.3, 0.4) is 0 Å². The highest BCUT2D eigenvalue weighted by atomic mass is 16.5. The molecule has 3 nitrogen and oxygen atoms in total. The largest absolute Gasteiger partial charge is 0.496 e. The fourth-order valence-corrected chi connectivity index (χ4v) is 3.12. The molecule has 104 valence electrons. The number of methoxy groups -OCH3 is 1. The van der Waals surface area contributed by atoms with E-state index in [1.165, 1.54) is 0 Å². The minimum atomic E-state index is -0.697. The van der Waals surface area contributed by atoms with Crippen LogP contribution in [0.2, 0.25) is 0 Å². The smallest absolute Gasteiger partial charge is 0.307 e. The molecule has 1 fully saturated rings. The van der Waals surface area contributed by atoms with E-state index in [9.17, 15) is 9.90 Å². The molecule has 1 aliphatic rings. The molecule has 0 spiro atoms. The Balaban J connectivity index is 2.38. The van der Waals surface area contributed by atoms with E-state index in [0.29, 0.717) is 5.92 Å². The Morgan fingerprint density at radius 3 is 2.42 bits per heavy atom. The van der Waals surface area contributed by atoms with Gasteiger partial charge in [0, 0.05) is 5.92 Å². The monoisotopic (exact) mass is 262 g/mol. The summed E-state index contributed by atoms with van der Waals surface area (Å²) in [5.41, 5.74) is 2.10. The van der Waals surface area contributed by atoms with Crippen LogP contribution >= 0.6 is 0 Å². The standard InChI is InChI=1S/C16H22O3/c1-9(2)11-8-10(6-7-12(11)19-5)13-14(15(17)18)16(13,3)4/h6-9,13-14H,1-5H3,(H,17,18). The summed E-state index contributed by atoms with van der Waals surface area (Å²) in [7, 11) is 1.67. The molecule has 0 saturated heterocycles. The van der Waals surface area contributed by atoms with Crippen LogP contribution < -0.4 is 4.74 Å². The number of rotatable bonds is 4. The molecule has 2 atom stereocenters. The molecule has 1 aromatic rings. The molecule has 0 radical (unpaired) electrons. The quantitative estimate of drug-likeness (QED) is 0.901. The van der Waals surface area contributed by atoms with Crippen molar-refractivity contribution in [2.24, 2.45) is 11.3 Å². The number of hydrogen-bond donors (Lipinski definition) is 1. The van der Waals surface area contributed by atoms with E-state index in [0.717, 1.165) is 16.9 Å². The first-order chi connectivity index (χ1) is 8.80. The SMILES string of the molecule is COc1ccc(C2C(C(=O)O)C2(C)C)cc1C(C)C. The van der Waals surface area contributed by atoms with E-state index in [2.05, 4.69) is 19.9 Å². The summed E-state index contributed by atoms with van der Waals surface area (Å²) in [5.74, 6) is 0.371. The zero-order valence-electron chi connectivity index (χ0n) is 12.2. The van der Waals surface area contributed by atoms with Gasteiger partial charge in [-0.2, -0.15) is 0 Å². The second-order valence-corrected chi connectivity index (χ2v) is 6.27. The molecule has 3 heteroatoms. The predicted octanol–water partition coefficient (Wildman–Crippen LogP) is 3.64. The molecule has 2 rings (SSSR count). The molecule has 0 bridgehead atoms. The Morgan fingerprint density at radius 2 is 2.00 bits per heavy atom. The lowest BCUT2D eigenvalue weighted by molar-refractivity contribution is -0.139. The summed E-state index contributed by atoms with van der Waals surface area (Å²) in [5, 5.41) is 9.28. The van der Waals surface area contributed by atoms with Crippen molar-refractivity contribution in [2.75, 3.05) is 7.11 Å². The average molecular weight is 262 g/mol. The van der Waals surface area contributed by atoms with Crippen molar-refractivity contribution in [3.8, 4) is 5.75 Å². The molecule has 0 heterocycles. The van der Waals surface area contributed by atoms with Gasteiger partial charge in [-0.25, -0.2) is 0 Å². The van der Waals surface area contributed by atoms with Gasteiger partial charge in [0.05, 0.1) is 13.0 Å².